The van der Waals surface area contributed by atoms with Crippen molar-refractivity contribution in [1.82, 2.24) is 14.8 Å². The van der Waals surface area contributed by atoms with Gasteiger partial charge in [-0.25, -0.2) is 4.79 Å². The van der Waals surface area contributed by atoms with Crippen molar-refractivity contribution in [3.05, 3.63) is 54.4 Å². The largest absolute Gasteiger partial charge is 0.444 e. The third-order valence-corrected chi connectivity index (χ3v) is 3.84. The Morgan fingerprint density at radius 2 is 1.96 bits per heavy atom. The van der Waals surface area contributed by atoms with E-state index in [1.165, 1.54) is 4.90 Å². The molecule has 1 N–H and O–H groups in total. The Bertz CT molecular complexity index is 680. The molecule has 0 spiro atoms. The van der Waals surface area contributed by atoms with Crippen molar-refractivity contribution in [2.75, 3.05) is 20.1 Å². The number of amides is 2. The quantitative estimate of drug-likeness (QED) is 0.919. The first-order valence-corrected chi connectivity index (χ1v) is 7.57. The van der Waals surface area contributed by atoms with Crippen LogP contribution in [0.1, 0.15) is 16.8 Å². The highest BCUT2D eigenvalue weighted by molar-refractivity contribution is 5.94. The van der Waals surface area contributed by atoms with Crippen LogP contribution in [0.4, 0.5) is 4.79 Å². The van der Waals surface area contributed by atoms with E-state index in [1.54, 1.807) is 19.2 Å². The number of ether oxygens (including phenoxy) is 1. The highest BCUT2D eigenvalue weighted by atomic mass is 16.6. The summed E-state index contributed by atoms with van der Waals surface area (Å²) in [6.45, 7) is 1.05. The molecule has 2 amide bonds. The maximum Gasteiger partial charge on any atom is 0.409 e. The van der Waals surface area contributed by atoms with Crippen molar-refractivity contribution in [3.63, 3.8) is 0 Å². The number of nitrogens with one attached hydrogen (secondary N) is 1. The highest BCUT2D eigenvalue weighted by Gasteiger charge is 2.27. The molecule has 2 heterocycles. The van der Waals surface area contributed by atoms with Gasteiger partial charge < -0.3 is 19.5 Å². The van der Waals surface area contributed by atoms with Gasteiger partial charge in [-0.15, -0.1) is 0 Å². The normalized spacial score (nSPS) is 17.2. The third kappa shape index (κ3) is 3.53. The van der Waals surface area contributed by atoms with E-state index in [1.807, 2.05) is 41.2 Å². The van der Waals surface area contributed by atoms with Gasteiger partial charge in [0.1, 0.15) is 6.10 Å². The minimum Gasteiger partial charge on any atom is -0.444 e. The zero-order chi connectivity index (χ0) is 16.2. The summed E-state index contributed by atoms with van der Waals surface area (Å²) >= 11 is 0. The number of carbonyl (C=O) groups excluding carboxylic acids is 2. The molecule has 0 saturated carbocycles. The van der Waals surface area contributed by atoms with Crippen molar-refractivity contribution >= 4 is 12.0 Å². The molecule has 1 aliphatic heterocycles. The molecule has 6 nitrogen and oxygen atoms in total. The van der Waals surface area contributed by atoms with E-state index in [0.717, 1.165) is 5.69 Å². The Labute approximate surface area is 134 Å². The topological polar surface area (TPSA) is 63.6 Å². The lowest BCUT2D eigenvalue weighted by molar-refractivity contribution is 0.0944. The Hall–Kier alpha value is -2.76. The van der Waals surface area contributed by atoms with Gasteiger partial charge in [-0.05, 0) is 36.4 Å². The highest BCUT2D eigenvalue weighted by Crippen LogP contribution is 2.12. The standard InChI is InChI=1S/C17H19N3O3/c1-19-12-15(23-17(19)22)8-9-18-16(21)13-4-6-14(7-5-13)20-10-2-3-11-20/h2-7,10-11,15H,8-9,12H2,1H3,(H,18,21). The molecule has 6 heteroatoms. The van der Waals surface area contributed by atoms with E-state index < -0.39 is 0 Å². The second-order valence-electron chi connectivity index (χ2n) is 5.57. The first kappa shape index (κ1) is 15.1. The van der Waals surface area contributed by atoms with Crippen LogP contribution in [0, 0.1) is 0 Å². The van der Waals surface area contributed by atoms with Gasteiger partial charge in [-0.1, -0.05) is 0 Å². The zero-order valence-corrected chi connectivity index (χ0v) is 12.9. The second kappa shape index (κ2) is 6.56. The molecule has 1 aromatic carbocycles. The van der Waals surface area contributed by atoms with E-state index >= 15 is 0 Å². The van der Waals surface area contributed by atoms with Gasteiger partial charge in [0.2, 0.25) is 0 Å². The van der Waals surface area contributed by atoms with Crippen LogP contribution in [-0.2, 0) is 4.74 Å². The van der Waals surface area contributed by atoms with Gasteiger partial charge in [0.15, 0.2) is 0 Å². The third-order valence-electron chi connectivity index (χ3n) is 3.84. The molecular formula is C17H19N3O3. The fourth-order valence-corrected chi connectivity index (χ4v) is 2.54. The van der Waals surface area contributed by atoms with Gasteiger partial charge in [-0.3, -0.25) is 4.79 Å². The van der Waals surface area contributed by atoms with Crippen LogP contribution in [0.2, 0.25) is 0 Å². The van der Waals surface area contributed by atoms with Crippen molar-refractivity contribution in [3.8, 4) is 5.69 Å². The maximum absolute atomic E-state index is 12.1. The predicted molar refractivity (Wildman–Crippen MR) is 85.6 cm³/mol. The Kier molecular flexibility index (Phi) is 4.32. The molecule has 3 rings (SSSR count). The smallest absolute Gasteiger partial charge is 0.409 e. The van der Waals surface area contributed by atoms with Crippen LogP contribution in [-0.4, -0.2) is 47.7 Å². The van der Waals surface area contributed by atoms with Crippen LogP contribution >= 0.6 is 0 Å². The number of cyclic esters (lactones) is 1. The lowest BCUT2D eigenvalue weighted by Gasteiger charge is -2.10. The van der Waals surface area contributed by atoms with E-state index in [0.29, 0.717) is 25.1 Å². The summed E-state index contributed by atoms with van der Waals surface area (Å²) in [7, 11) is 1.70. The summed E-state index contributed by atoms with van der Waals surface area (Å²) in [6.07, 6.45) is 4.07. The maximum atomic E-state index is 12.1. The van der Waals surface area contributed by atoms with Crippen LogP contribution < -0.4 is 5.32 Å². The number of hydrogen-bond donors (Lipinski definition) is 1. The number of aromatic nitrogens is 1. The molecule has 0 aliphatic carbocycles. The van der Waals surface area contributed by atoms with Crippen molar-refractivity contribution in [1.29, 1.82) is 0 Å². The van der Waals surface area contributed by atoms with E-state index in [9.17, 15) is 9.59 Å². The van der Waals surface area contributed by atoms with Crippen LogP contribution in [0.3, 0.4) is 0 Å². The van der Waals surface area contributed by atoms with Crippen molar-refractivity contribution < 1.29 is 14.3 Å². The molecule has 120 valence electrons. The van der Waals surface area contributed by atoms with Gasteiger partial charge in [0.25, 0.3) is 5.91 Å². The van der Waals surface area contributed by atoms with E-state index in [2.05, 4.69) is 5.32 Å². The lowest BCUT2D eigenvalue weighted by Crippen LogP contribution is -2.28. The number of likely N-dealkylation sites (N-methyl/N-ethyl adjacent to an activating group) is 1. The molecular weight excluding hydrogens is 294 g/mol. The first-order chi connectivity index (χ1) is 11.1. The number of nitrogens with zero attached hydrogens (tertiary/aromatic N) is 2. The molecule has 1 atom stereocenters. The average molecular weight is 313 g/mol. The fraction of sp³-hybridized carbons (Fsp3) is 0.294. The average Bonchev–Trinajstić information content (AvgIpc) is 3.18. The van der Waals surface area contributed by atoms with Crippen LogP contribution in [0.25, 0.3) is 5.69 Å². The van der Waals surface area contributed by atoms with Gasteiger partial charge in [-0.2, -0.15) is 0 Å². The summed E-state index contributed by atoms with van der Waals surface area (Å²) in [5, 5.41) is 2.85. The summed E-state index contributed by atoms with van der Waals surface area (Å²) in [5.41, 5.74) is 1.62. The molecule has 0 bridgehead atoms. The first-order valence-electron chi connectivity index (χ1n) is 7.57. The minimum absolute atomic E-state index is 0.123. The molecule has 1 aliphatic rings. The number of benzene rings is 1. The van der Waals surface area contributed by atoms with Gasteiger partial charge in [0.05, 0.1) is 6.54 Å². The number of hydrogen-bond acceptors (Lipinski definition) is 3. The SMILES string of the molecule is CN1CC(CCNC(=O)c2ccc(-n3cccc3)cc2)OC1=O. The lowest BCUT2D eigenvalue weighted by atomic mass is 10.2. The summed E-state index contributed by atoms with van der Waals surface area (Å²) in [5.74, 6) is -0.123. The molecule has 0 radical (unpaired) electrons. The molecule has 1 saturated heterocycles. The Balaban J connectivity index is 1.49. The molecule has 1 fully saturated rings. The second-order valence-corrected chi connectivity index (χ2v) is 5.57. The zero-order valence-electron chi connectivity index (χ0n) is 12.9. The minimum atomic E-state index is -0.304. The van der Waals surface area contributed by atoms with Crippen LogP contribution in [0.15, 0.2) is 48.8 Å². The summed E-state index contributed by atoms with van der Waals surface area (Å²) < 4.78 is 7.13. The van der Waals surface area contributed by atoms with E-state index in [-0.39, 0.29) is 18.1 Å². The van der Waals surface area contributed by atoms with Crippen molar-refractivity contribution in [2.24, 2.45) is 0 Å². The fourth-order valence-electron chi connectivity index (χ4n) is 2.54. The summed E-state index contributed by atoms with van der Waals surface area (Å²) in [6, 6.07) is 11.3. The Morgan fingerprint density at radius 1 is 1.26 bits per heavy atom. The Morgan fingerprint density at radius 3 is 2.57 bits per heavy atom. The number of rotatable bonds is 5. The molecule has 23 heavy (non-hydrogen) atoms. The number of carbonyl (C=O) groups is 2. The monoisotopic (exact) mass is 313 g/mol. The van der Waals surface area contributed by atoms with Gasteiger partial charge >= 0.3 is 6.09 Å². The summed E-state index contributed by atoms with van der Waals surface area (Å²) in [4.78, 5) is 24.9. The molecule has 1 unspecified atom stereocenters. The van der Waals surface area contributed by atoms with Crippen molar-refractivity contribution in [2.45, 2.75) is 12.5 Å². The predicted octanol–water partition coefficient (Wildman–Crippen LogP) is 2.05. The molecule has 2 aromatic rings. The molecule has 1 aromatic heterocycles. The van der Waals surface area contributed by atoms with Gasteiger partial charge in [0, 0.05) is 43.7 Å². The van der Waals surface area contributed by atoms with E-state index in [4.69, 9.17) is 4.74 Å². The van der Waals surface area contributed by atoms with Crippen LogP contribution in [0.5, 0.6) is 0 Å².